The van der Waals surface area contributed by atoms with Crippen molar-refractivity contribution in [3.8, 4) is 5.75 Å². The number of nitrogens with zero attached hydrogens (tertiary/aromatic N) is 1. The average Bonchev–Trinajstić information content (AvgIpc) is 2.80. The molecule has 1 amide bonds. The molecule has 3 rings (SSSR count). The van der Waals surface area contributed by atoms with E-state index in [4.69, 9.17) is 27.9 Å². The summed E-state index contributed by atoms with van der Waals surface area (Å²) in [5, 5.41) is 3.31. The molecular formula is C23H22Cl2N2O4S. The van der Waals surface area contributed by atoms with Crippen LogP contribution in [0.25, 0.3) is 0 Å². The van der Waals surface area contributed by atoms with Crippen molar-refractivity contribution in [2.45, 2.75) is 17.9 Å². The van der Waals surface area contributed by atoms with Crippen molar-refractivity contribution in [1.29, 1.82) is 0 Å². The van der Waals surface area contributed by atoms with Gasteiger partial charge in [-0.1, -0.05) is 53.5 Å². The van der Waals surface area contributed by atoms with Crippen molar-refractivity contribution in [3.63, 3.8) is 0 Å². The molecule has 1 N–H and O–H groups in total. The number of sulfonamides is 1. The molecule has 168 valence electrons. The third-order valence-corrected chi connectivity index (χ3v) is 7.33. The maximum absolute atomic E-state index is 13.3. The van der Waals surface area contributed by atoms with Crippen LogP contribution >= 0.6 is 23.2 Å². The van der Waals surface area contributed by atoms with Crippen molar-refractivity contribution < 1.29 is 17.9 Å². The van der Waals surface area contributed by atoms with Gasteiger partial charge in [0.25, 0.3) is 10.0 Å². The van der Waals surface area contributed by atoms with E-state index in [1.54, 1.807) is 37.4 Å². The van der Waals surface area contributed by atoms with Gasteiger partial charge in [-0.05, 0) is 55.0 Å². The second kappa shape index (κ2) is 10.3. The molecule has 0 saturated carbocycles. The van der Waals surface area contributed by atoms with Gasteiger partial charge in [0.15, 0.2) is 0 Å². The third kappa shape index (κ3) is 5.54. The van der Waals surface area contributed by atoms with E-state index < -0.39 is 22.5 Å². The van der Waals surface area contributed by atoms with Crippen molar-refractivity contribution in [2.24, 2.45) is 0 Å². The lowest BCUT2D eigenvalue weighted by atomic mass is 10.1. The minimum atomic E-state index is -4.03. The number of anilines is 1. The molecule has 9 heteroatoms. The maximum atomic E-state index is 13.3. The lowest BCUT2D eigenvalue weighted by molar-refractivity contribution is -0.120. The standard InChI is InChI=1S/C23H22Cl2N2O4S/c1-16(17-8-11-19(31-2)12-9-17)26-23(28)15-27(18-10-13-21(24)22(25)14-18)32(29,30)20-6-4-3-5-7-20/h3-14,16H,15H2,1-2H3,(H,26,28)/t16-/m0/s1. The Morgan fingerprint density at radius 1 is 1.00 bits per heavy atom. The van der Waals surface area contributed by atoms with E-state index in [9.17, 15) is 13.2 Å². The third-order valence-electron chi connectivity index (χ3n) is 4.80. The fourth-order valence-corrected chi connectivity index (χ4v) is 4.79. The van der Waals surface area contributed by atoms with E-state index >= 15 is 0 Å². The number of ether oxygens (including phenoxy) is 1. The fraction of sp³-hybridized carbons (Fsp3) is 0.174. The molecule has 0 aromatic heterocycles. The number of nitrogens with one attached hydrogen (secondary N) is 1. The number of benzene rings is 3. The summed E-state index contributed by atoms with van der Waals surface area (Å²) in [6.45, 7) is 1.38. The summed E-state index contributed by atoms with van der Waals surface area (Å²) < 4.78 is 32.9. The monoisotopic (exact) mass is 492 g/mol. The van der Waals surface area contributed by atoms with Gasteiger partial charge in [-0.2, -0.15) is 0 Å². The molecular weight excluding hydrogens is 471 g/mol. The number of carbonyl (C=O) groups is 1. The molecule has 0 spiro atoms. The molecule has 0 heterocycles. The quantitative estimate of drug-likeness (QED) is 0.475. The number of amides is 1. The van der Waals surface area contributed by atoms with E-state index in [-0.39, 0.29) is 26.7 Å². The smallest absolute Gasteiger partial charge is 0.264 e. The molecule has 6 nitrogen and oxygen atoms in total. The highest BCUT2D eigenvalue weighted by molar-refractivity contribution is 7.92. The summed E-state index contributed by atoms with van der Waals surface area (Å²) >= 11 is 12.1. The van der Waals surface area contributed by atoms with Crippen LogP contribution in [0.15, 0.2) is 77.7 Å². The van der Waals surface area contributed by atoms with Gasteiger partial charge in [0.05, 0.1) is 33.8 Å². The van der Waals surface area contributed by atoms with Gasteiger partial charge in [0.2, 0.25) is 5.91 Å². The van der Waals surface area contributed by atoms with E-state index in [0.717, 1.165) is 9.87 Å². The summed E-state index contributed by atoms with van der Waals surface area (Å²) in [6, 6.07) is 19.2. The molecule has 0 aliphatic carbocycles. The number of methoxy groups -OCH3 is 1. The Bertz CT molecular complexity index is 1190. The molecule has 0 unspecified atom stereocenters. The van der Waals surface area contributed by atoms with E-state index in [0.29, 0.717) is 5.75 Å². The molecule has 0 aliphatic heterocycles. The first kappa shape index (κ1) is 23.9. The van der Waals surface area contributed by atoms with Gasteiger partial charge in [-0.3, -0.25) is 9.10 Å². The minimum Gasteiger partial charge on any atom is -0.497 e. The Morgan fingerprint density at radius 2 is 1.66 bits per heavy atom. The van der Waals surface area contributed by atoms with Crippen LogP contribution in [0, 0.1) is 0 Å². The molecule has 0 radical (unpaired) electrons. The van der Waals surface area contributed by atoms with Crippen molar-refractivity contribution >= 4 is 44.8 Å². The first-order valence-corrected chi connectivity index (χ1v) is 11.9. The Labute approximate surface area is 197 Å². The molecule has 32 heavy (non-hydrogen) atoms. The fourth-order valence-electron chi connectivity index (χ4n) is 3.07. The number of halogens is 2. The Balaban J connectivity index is 1.88. The topological polar surface area (TPSA) is 75.7 Å². The predicted molar refractivity (Wildman–Crippen MR) is 127 cm³/mol. The van der Waals surface area contributed by atoms with E-state index in [1.807, 2.05) is 19.1 Å². The van der Waals surface area contributed by atoms with Crippen LogP contribution in [0.5, 0.6) is 5.75 Å². The summed E-state index contributed by atoms with van der Waals surface area (Å²) in [6.07, 6.45) is 0. The predicted octanol–water partition coefficient (Wildman–Crippen LogP) is 5.07. The summed E-state index contributed by atoms with van der Waals surface area (Å²) in [4.78, 5) is 12.9. The lowest BCUT2D eigenvalue weighted by Crippen LogP contribution is -2.41. The first-order chi connectivity index (χ1) is 15.2. The van der Waals surface area contributed by atoms with Crippen molar-refractivity contribution in [2.75, 3.05) is 18.0 Å². The maximum Gasteiger partial charge on any atom is 0.264 e. The van der Waals surface area contributed by atoms with Crippen LogP contribution in [0.2, 0.25) is 10.0 Å². The molecule has 3 aromatic rings. The Kier molecular flexibility index (Phi) is 7.66. The zero-order valence-corrected chi connectivity index (χ0v) is 19.8. The summed E-state index contributed by atoms with van der Waals surface area (Å²) in [5.41, 5.74) is 1.08. The average molecular weight is 493 g/mol. The van der Waals surface area contributed by atoms with Crippen LogP contribution in [-0.2, 0) is 14.8 Å². The van der Waals surface area contributed by atoms with Gasteiger partial charge >= 0.3 is 0 Å². The minimum absolute atomic E-state index is 0.0575. The molecule has 1 atom stereocenters. The second-order valence-corrected chi connectivity index (χ2v) is 9.66. The van der Waals surface area contributed by atoms with Crippen LogP contribution in [-0.4, -0.2) is 28.0 Å². The van der Waals surface area contributed by atoms with Crippen LogP contribution in [0.1, 0.15) is 18.5 Å². The second-order valence-electron chi connectivity index (χ2n) is 6.99. The summed E-state index contributed by atoms with van der Waals surface area (Å²) in [7, 11) is -2.46. The Morgan fingerprint density at radius 3 is 2.25 bits per heavy atom. The number of hydrogen-bond donors (Lipinski definition) is 1. The first-order valence-electron chi connectivity index (χ1n) is 9.68. The highest BCUT2D eigenvalue weighted by Gasteiger charge is 2.28. The number of carbonyl (C=O) groups excluding carboxylic acids is 1. The molecule has 0 aliphatic rings. The van der Waals surface area contributed by atoms with E-state index in [2.05, 4.69) is 5.32 Å². The molecule has 0 bridgehead atoms. The van der Waals surface area contributed by atoms with E-state index in [1.165, 1.54) is 30.3 Å². The Hall–Kier alpha value is -2.74. The van der Waals surface area contributed by atoms with Gasteiger partial charge in [-0.15, -0.1) is 0 Å². The normalized spacial score (nSPS) is 12.1. The largest absolute Gasteiger partial charge is 0.497 e. The van der Waals surface area contributed by atoms with Crippen molar-refractivity contribution in [3.05, 3.63) is 88.4 Å². The van der Waals surface area contributed by atoms with Crippen LogP contribution < -0.4 is 14.4 Å². The lowest BCUT2D eigenvalue weighted by Gasteiger charge is -2.25. The van der Waals surface area contributed by atoms with Gasteiger partial charge in [-0.25, -0.2) is 8.42 Å². The van der Waals surface area contributed by atoms with Crippen LogP contribution in [0.3, 0.4) is 0 Å². The highest BCUT2D eigenvalue weighted by atomic mass is 35.5. The zero-order valence-electron chi connectivity index (χ0n) is 17.5. The SMILES string of the molecule is COc1ccc([C@H](C)NC(=O)CN(c2ccc(Cl)c(Cl)c2)S(=O)(=O)c2ccccc2)cc1. The van der Waals surface area contributed by atoms with Gasteiger partial charge < -0.3 is 10.1 Å². The molecule has 3 aromatic carbocycles. The van der Waals surface area contributed by atoms with Gasteiger partial charge in [0, 0.05) is 0 Å². The number of hydrogen-bond acceptors (Lipinski definition) is 4. The summed E-state index contributed by atoms with van der Waals surface area (Å²) in [5.74, 6) is 0.228. The van der Waals surface area contributed by atoms with Crippen LogP contribution in [0.4, 0.5) is 5.69 Å². The number of rotatable bonds is 8. The van der Waals surface area contributed by atoms with Gasteiger partial charge in [0.1, 0.15) is 12.3 Å². The highest BCUT2D eigenvalue weighted by Crippen LogP contribution is 2.30. The molecule has 0 saturated heterocycles. The van der Waals surface area contributed by atoms with Crippen molar-refractivity contribution in [1.82, 2.24) is 5.32 Å². The molecule has 0 fully saturated rings. The zero-order chi connectivity index (χ0) is 23.3.